The molecule has 0 radical (unpaired) electrons. The molecule has 1 aliphatic carbocycles. The van der Waals surface area contributed by atoms with Crippen LogP contribution in [0.2, 0.25) is 0 Å². The lowest BCUT2D eigenvalue weighted by atomic mass is 9.59. The number of alkyl halides is 3. The van der Waals surface area contributed by atoms with E-state index in [4.69, 9.17) is 19.2 Å². The zero-order chi connectivity index (χ0) is 18.7. The number of hydrogen-bond acceptors (Lipinski definition) is 5. The average molecular weight is 394 g/mol. The summed E-state index contributed by atoms with van der Waals surface area (Å²) >= 11 is 1.47. The molecule has 4 heterocycles. The van der Waals surface area contributed by atoms with E-state index in [0.717, 1.165) is 18.6 Å². The highest BCUT2D eigenvalue weighted by molar-refractivity contribution is 7.99. The van der Waals surface area contributed by atoms with Crippen LogP contribution in [0.1, 0.15) is 46.5 Å². The van der Waals surface area contributed by atoms with Gasteiger partial charge in [0.1, 0.15) is 0 Å². The van der Waals surface area contributed by atoms with Crippen molar-refractivity contribution in [1.29, 1.82) is 0 Å². The van der Waals surface area contributed by atoms with Crippen LogP contribution in [0, 0.1) is 17.8 Å². The SMILES string of the molecule is CCSCC1=C(C(F)(F)F)O[C@@H]2O[C@]3(C)CC[C@H]4[C@H](C)CC[C@@H]1[C@@]24OO3. The van der Waals surface area contributed by atoms with Gasteiger partial charge in [0, 0.05) is 24.0 Å². The first-order valence-corrected chi connectivity index (χ1v) is 10.5. The lowest BCUT2D eigenvalue weighted by molar-refractivity contribution is -0.557. The number of ether oxygens (including phenoxy) is 2. The number of fused-ring (bicyclic) bond motifs is 2. The molecule has 5 rings (SSSR count). The Hall–Kier alpha value is -0.440. The Morgan fingerprint density at radius 2 is 1.96 bits per heavy atom. The molecule has 1 spiro atoms. The lowest BCUT2D eigenvalue weighted by Gasteiger charge is -2.57. The summed E-state index contributed by atoms with van der Waals surface area (Å²) in [5, 5.41) is 0. The molecular weight excluding hydrogens is 369 g/mol. The number of hydrogen-bond donors (Lipinski definition) is 0. The molecule has 8 heteroatoms. The van der Waals surface area contributed by atoms with Gasteiger partial charge >= 0.3 is 6.18 Å². The zero-order valence-corrected chi connectivity index (χ0v) is 16.0. The van der Waals surface area contributed by atoms with Gasteiger partial charge in [-0.2, -0.15) is 24.9 Å². The Kier molecular flexibility index (Phi) is 4.57. The summed E-state index contributed by atoms with van der Waals surface area (Å²) in [6, 6.07) is 0. The highest BCUT2D eigenvalue weighted by atomic mass is 32.2. The molecule has 0 N–H and O–H groups in total. The molecule has 4 fully saturated rings. The maximum absolute atomic E-state index is 13.8. The molecule has 148 valence electrons. The van der Waals surface area contributed by atoms with Crippen LogP contribution in [0.3, 0.4) is 0 Å². The summed E-state index contributed by atoms with van der Waals surface area (Å²) in [5.41, 5.74) is -0.693. The van der Waals surface area contributed by atoms with Crippen molar-refractivity contribution in [3.8, 4) is 0 Å². The van der Waals surface area contributed by atoms with Crippen LogP contribution in [-0.2, 0) is 19.2 Å². The van der Waals surface area contributed by atoms with Gasteiger partial charge < -0.3 is 9.47 Å². The van der Waals surface area contributed by atoms with Gasteiger partial charge in [-0.3, -0.25) is 0 Å². The maximum atomic E-state index is 13.8. The summed E-state index contributed by atoms with van der Waals surface area (Å²) in [6.45, 7) is 5.79. The van der Waals surface area contributed by atoms with Crippen LogP contribution in [0.5, 0.6) is 0 Å². The minimum absolute atomic E-state index is 0.0481. The summed E-state index contributed by atoms with van der Waals surface area (Å²) in [7, 11) is 0. The molecule has 4 aliphatic heterocycles. The molecule has 5 aliphatic rings. The minimum Gasteiger partial charge on any atom is -0.456 e. The van der Waals surface area contributed by atoms with Crippen molar-refractivity contribution in [1.82, 2.24) is 0 Å². The average Bonchev–Trinajstić information content (AvgIpc) is 2.80. The standard InChI is InChI=1S/C18H25F3O4S/c1-4-26-9-11-13-6-5-10(2)12-7-8-16(3)23-15(17(12,13)25-24-16)22-14(11)18(19,20)21/h10,12-13,15H,4-9H2,1-3H3/t10-,12+,13+,15-,16+,17-/m1/s1. The lowest BCUT2D eigenvalue weighted by Crippen LogP contribution is -2.67. The molecule has 4 nitrogen and oxygen atoms in total. The second-order valence-corrected chi connectivity index (χ2v) is 9.24. The van der Waals surface area contributed by atoms with Gasteiger partial charge in [0.05, 0.1) is 0 Å². The van der Waals surface area contributed by atoms with Crippen molar-refractivity contribution in [3.05, 3.63) is 11.3 Å². The van der Waals surface area contributed by atoms with E-state index in [1.54, 1.807) is 6.92 Å². The highest BCUT2D eigenvalue weighted by Gasteiger charge is 2.70. The number of halogens is 3. The van der Waals surface area contributed by atoms with Crippen molar-refractivity contribution in [2.45, 2.75) is 70.3 Å². The second-order valence-electron chi connectivity index (χ2n) is 7.96. The van der Waals surface area contributed by atoms with E-state index in [-0.39, 0.29) is 11.7 Å². The fourth-order valence-corrected chi connectivity index (χ4v) is 5.87. The Labute approximate surface area is 155 Å². The largest absolute Gasteiger partial charge is 0.456 e. The molecule has 3 saturated heterocycles. The topological polar surface area (TPSA) is 36.9 Å². The van der Waals surface area contributed by atoms with E-state index in [1.165, 1.54) is 11.8 Å². The summed E-state index contributed by atoms with van der Waals surface area (Å²) in [5.74, 6) is -0.961. The van der Waals surface area contributed by atoms with Crippen molar-refractivity contribution >= 4 is 11.8 Å². The second kappa shape index (κ2) is 6.29. The molecule has 0 unspecified atom stereocenters. The van der Waals surface area contributed by atoms with Crippen LogP contribution in [0.4, 0.5) is 13.2 Å². The van der Waals surface area contributed by atoms with Crippen LogP contribution in [-0.4, -0.2) is 35.4 Å². The van der Waals surface area contributed by atoms with E-state index in [1.807, 2.05) is 6.92 Å². The summed E-state index contributed by atoms with van der Waals surface area (Å²) in [6.07, 6.45) is -2.76. The third-order valence-corrected chi connectivity index (χ3v) is 7.30. The number of thioether (sulfide) groups is 1. The first kappa shape index (κ1) is 18.9. The van der Waals surface area contributed by atoms with Gasteiger partial charge in [-0.1, -0.05) is 13.8 Å². The Balaban J connectivity index is 1.85. The summed E-state index contributed by atoms with van der Waals surface area (Å²) in [4.78, 5) is 11.5. The first-order chi connectivity index (χ1) is 12.2. The van der Waals surface area contributed by atoms with Crippen LogP contribution < -0.4 is 0 Å². The van der Waals surface area contributed by atoms with Crippen molar-refractivity contribution in [2.75, 3.05) is 11.5 Å². The van der Waals surface area contributed by atoms with Gasteiger partial charge in [-0.15, -0.1) is 0 Å². The monoisotopic (exact) mass is 394 g/mol. The molecular formula is C18H25F3O4S. The van der Waals surface area contributed by atoms with Crippen molar-refractivity contribution in [3.63, 3.8) is 0 Å². The quantitative estimate of drug-likeness (QED) is 0.643. The molecule has 6 atom stereocenters. The van der Waals surface area contributed by atoms with Gasteiger partial charge in [0.15, 0.2) is 5.60 Å². The molecule has 0 amide bonds. The predicted octanol–water partition coefficient (Wildman–Crippen LogP) is 4.80. The first-order valence-electron chi connectivity index (χ1n) is 9.30. The van der Waals surface area contributed by atoms with Crippen LogP contribution >= 0.6 is 11.8 Å². The maximum Gasteiger partial charge on any atom is 0.449 e. The molecule has 2 bridgehead atoms. The predicted molar refractivity (Wildman–Crippen MR) is 90.0 cm³/mol. The fraction of sp³-hybridized carbons (Fsp3) is 0.889. The number of allylic oxidation sites excluding steroid dienone is 1. The Morgan fingerprint density at radius 3 is 2.65 bits per heavy atom. The van der Waals surface area contributed by atoms with Crippen molar-refractivity contribution < 1.29 is 32.4 Å². The smallest absolute Gasteiger partial charge is 0.449 e. The van der Waals surface area contributed by atoms with E-state index in [2.05, 4.69) is 6.92 Å². The van der Waals surface area contributed by atoms with E-state index >= 15 is 0 Å². The van der Waals surface area contributed by atoms with Gasteiger partial charge in [0.2, 0.25) is 17.8 Å². The third kappa shape index (κ3) is 2.71. The number of rotatable bonds is 3. The normalized spacial score (nSPS) is 45.2. The fourth-order valence-electron chi connectivity index (χ4n) is 5.12. The highest BCUT2D eigenvalue weighted by Crippen LogP contribution is 2.61. The zero-order valence-electron chi connectivity index (χ0n) is 15.2. The Bertz CT molecular complexity index is 610. The van der Waals surface area contributed by atoms with Gasteiger partial charge in [-0.05, 0) is 43.4 Å². The van der Waals surface area contributed by atoms with Crippen molar-refractivity contribution in [2.24, 2.45) is 17.8 Å². The van der Waals surface area contributed by atoms with E-state index in [9.17, 15) is 13.2 Å². The van der Waals surface area contributed by atoms with Crippen LogP contribution in [0.15, 0.2) is 11.3 Å². The van der Waals surface area contributed by atoms with Gasteiger partial charge in [-0.25, -0.2) is 9.78 Å². The molecule has 0 aromatic heterocycles. The molecule has 1 saturated carbocycles. The summed E-state index contributed by atoms with van der Waals surface area (Å²) < 4.78 is 52.9. The Morgan fingerprint density at radius 1 is 1.19 bits per heavy atom. The van der Waals surface area contributed by atoms with Gasteiger partial charge in [0.25, 0.3) is 0 Å². The van der Waals surface area contributed by atoms with Crippen LogP contribution in [0.25, 0.3) is 0 Å². The minimum atomic E-state index is -4.54. The van der Waals surface area contributed by atoms with E-state index < -0.39 is 35.5 Å². The third-order valence-electron chi connectivity index (χ3n) is 6.37. The van der Waals surface area contributed by atoms with E-state index in [0.29, 0.717) is 24.3 Å². The molecule has 0 aromatic carbocycles. The molecule has 0 aromatic rings. The molecule has 26 heavy (non-hydrogen) atoms.